The summed E-state index contributed by atoms with van der Waals surface area (Å²) in [5.74, 6) is 2.51. The van der Waals surface area contributed by atoms with E-state index < -0.39 is 11.7 Å². The van der Waals surface area contributed by atoms with Crippen LogP contribution in [0.4, 0.5) is 0 Å². The standard InChI is InChI=1S/C40H50O9S2/c1-21(2)10-14-47-31-19-28(36(43)38(46-4)37(31)44)40-12-9-32-35(39(40)45)34-27-17-23(6-5-22(3)11-16-50-51-32)26-18-24(42)7-8-25(26)33(27)29(48-15-13-41)20-30(34)49-40/h7-8,18-23,32,35,39,41-45H,5-6,9-17H2,1-4H3. The first-order valence-electron chi connectivity index (χ1n) is 18.3. The Labute approximate surface area is 308 Å². The summed E-state index contributed by atoms with van der Waals surface area (Å²) in [5, 5.41) is 56.2. The molecule has 11 heteroatoms. The van der Waals surface area contributed by atoms with E-state index in [2.05, 4.69) is 20.8 Å². The normalized spacial score (nSPS) is 26.7. The Morgan fingerprint density at radius 2 is 1.78 bits per heavy atom. The van der Waals surface area contributed by atoms with E-state index >= 15 is 0 Å². The van der Waals surface area contributed by atoms with Crippen LogP contribution in [0.2, 0.25) is 0 Å². The highest BCUT2D eigenvalue weighted by Gasteiger charge is 2.59. The Balaban J connectivity index is 1.45. The van der Waals surface area contributed by atoms with E-state index in [1.165, 1.54) is 7.11 Å². The second-order valence-corrected chi connectivity index (χ2v) is 17.7. The van der Waals surface area contributed by atoms with Crippen LogP contribution in [0.25, 0.3) is 11.1 Å². The molecule has 3 aromatic rings. The van der Waals surface area contributed by atoms with Gasteiger partial charge in [0, 0.05) is 39.7 Å². The summed E-state index contributed by atoms with van der Waals surface area (Å²) in [7, 11) is 5.08. The van der Waals surface area contributed by atoms with E-state index in [1.54, 1.807) is 12.1 Å². The lowest BCUT2D eigenvalue weighted by atomic mass is 9.64. The van der Waals surface area contributed by atoms with E-state index in [0.29, 0.717) is 54.8 Å². The maximum atomic E-state index is 12.8. The van der Waals surface area contributed by atoms with Crippen LogP contribution in [-0.4, -0.2) is 69.6 Å². The number of aromatic hydroxyl groups is 3. The summed E-state index contributed by atoms with van der Waals surface area (Å²) in [5.41, 5.74) is 3.92. The third kappa shape index (κ3) is 6.46. The number of fused-ring (bicyclic) bond motifs is 5. The number of ether oxygens (including phenoxy) is 4. The molecule has 0 saturated heterocycles. The SMILES string of the molecule is COc1c(O)c(OCCC(C)C)cc(C23CCC4SSCCC(C)CCC5Cc6c(c(OCCO)cc(c6C4C2O)O3)-c2ccc(O)cc25)c1O. The Bertz CT molecular complexity index is 1760. The van der Waals surface area contributed by atoms with Crippen molar-refractivity contribution in [3.05, 3.63) is 52.6 Å². The van der Waals surface area contributed by atoms with Crippen LogP contribution < -0.4 is 18.9 Å². The smallest absolute Gasteiger partial charge is 0.207 e. The highest BCUT2D eigenvalue weighted by molar-refractivity contribution is 8.76. The summed E-state index contributed by atoms with van der Waals surface area (Å²) in [6.07, 6.45) is 4.61. The average Bonchev–Trinajstić information content (AvgIpc) is 3.10. The molecule has 1 saturated carbocycles. The van der Waals surface area contributed by atoms with Crippen LogP contribution >= 0.6 is 21.6 Å². The highest BCUT2D eigenvalue weighted by atomic mass is 33.1. The Morgan fingerprint density at radius 3 is 2.55 bits per heavy atom. The van der Waals surface area contributed by atoms with Crippen molar-refractivity contribution in [3.8, 4) is 51.4 Å². The molecule has 0 aromatic heterocycles. The largest absolute Gasteiger partial charge is 0.508 e. The number of methoxy groups -OCH3 is 1. The van der Waals surface area contributed by atoms with E-state index in [4.69, 9.17) is 18.9 Å². The molecule has 6 unspecified atom stereocenters. The lowest BCUT2D eigenvalue weighted by Gasteiger charge is -2.53. The molecule has 2 aliphatic heterocycles. The zero-order chi connectivity index (χ0) is 36.0. The summed E-state index contributed by atoms with van der Waals surface area (Å²) in [4.78, 5) is 0. The van der Waals surface area contributed by atoms with Gasteiger partial charge in [0.05, 0.1) is 20.3 Å². The Morgan fingerprint density at radius 1 is 0.980 bits per heavy atom. The molecule has 51 heavy (non-hydrogen) atoms. The van der Waals surface area contributed by atoms with Gasteiger partial charge in [0.15, 0.2) is 17.1 Å². The molecular weight excluding hydrogens is 689 g/mol. The van der Waals surface area contributed by atoms with Crippen LogP contribution in [0.15, 0.2) is 30.3 Å². The van der Waals surface area contributed by atoms with Crippen molar-refractivity contribution in [1.82, 2.24) is 0 Å². The second-order valence-electron chi connectivity index (χ2n) is 15.0. The van der Waals surface area contributed by atoms with Crippen LogP contribution in [-0.2, 0) is 12.0 Å². The lowest BCUT2D eigenvalue weighted by Crippen LogP contribution is -2.56. The highest BCUT2D eigenvalue weighted by Crippen LogP contribution is 2.64. The number of hydrogen-bond donors (Lipinski definition) is 5. The predicted octanol–water partition coefficient (Wildman–Crippen LogP) is 8.01. The number of phenolic OH excluding ortho intramolecular Hbond substituents is 3. The molecule has 1 fully saturated rings. The zero-order valence-corrected chi connectivity index (χ0v) is 31.4. The van der Waals surface area contributed by atoms with Gasteiger partial charge in [0.2, 0.25) is 11.5 Å². The van der Waals surface area contributed by atoms with Gasteiger partial charge in [-0.2, -0.15) is 0 Å². The van der Waals surface area contributed by atoms with Crippen molar-refractivity contribution in [2.75, 3.05) is 32.7 Å². The molecule has 5 N–H and O–H groups in total. The molecule has 0 spiro atoms. The number of benzene rings is 3. The minimum atomic E-state index is -1.39. The van der Waals surface area contributed by atoms with Crippen molar-refractivity contribution in [2.45, 2.75) is 94.5 Å². The summed E-state index contributed by atoms with van der Waals surface area (Å²) >= 11 is 0. The third-order valence-corrected chi connectivity index (χ3v) is 14.3. The van der Waals surface area contributed by atoms with Crippen molar-refractivity contribution in [2.24, 2.45) is 11.8 Å². The molecule has 276 valence electrons. The van der Waals surface area contributed by atoms with Crippen molar-refractivity contribution in [1.29, 1.82) is 0 Å². The maximum Gasteiger partial charge on any atom is 0.207 e. The fourth-order valence-electron chi connectivity index (χ4n) is 8.60. The zero-order valence-electron chi connectivity index (χ0n) is 29.8. The van der Waals surface area contributed by atoms with Gasteiger partial charge in [0.1, 0.15) is 30.0 Å². The number of aliphatic hydroxyl groups is 2. The molecule has 3 aromatic carbocycles. The van der Waals surface area contributed by atoms with Gasteiger partial charge in [0.25, 0.3) is 0 Å². The first-order valence-corrected chi connectivity index (χ1v) is 20.6. The molecule has 2 aliphatic carbocycles. The van der Waals surface area contributed by atoms with Gasteiger partial charge in [-0.25, -0.2) is 0 Å². The molecular formula is C40H50O9S2. The molecule has 9 nitrogen and oxygen atoms in total. The monoisotopic (exact) mass is 738 g/mol. The van der Waals surface area contributed by atoms with Crippen molar-refractivity contribution < 1.29 is 44.5 Å². The lowest BCUT2D eigenvalue weighted by molar-refractivity contribution is -0.112. The number of phenols is 3. The van der Waals surface area contributed by atoms with E-state index in [9.17, 15) is 25.5 Å². The summed E-state index contributed by atoms with van der Waals surface area (Å²) in [6.45, 7) is 6.77. The summed E-state index contributed by atoms with van der Waals surface area (Å²) in [6, 6.07) is 9.04. The fourth-order valence-corrected chi connectivity index (χ4v) is 11.7. The van der Waals surface area contributed by atoms with E-state index in [0.717, 1.165) is 59.3 Å². The van der Waals surface area contributed by atoms with Gasteiger partial charge in [-0.1, -0.05) is 54.8 Å². The molecule has 2 heterocycles. The summed E-state index contributed by atoms with van der Waals surface area (Å²) < 4.78 is 25.0. The third-order valence-electron chi connectivity index (χ3n) is 11.3. The Kier molecular flexibility index (Phi) is 10.5. The second kappa shape index (κ2) is 14.7. The molecule has 0 amide bonds. The molecule has 6 atom stereocenters. The molecule has 4 aliphatic rings. The molecule has 0 radical (unpaired) electrons. The topological polar surface area (TPSA) is 138 Å². The molecule has 4 bridgehead atoms. The average molecular weight is 739 g/mol. The van der Waals surface area contributed by atoms with Crippen molar-refractivity contribution >= 4 is 21.6 Å². The first kappa shape index (κ1) is 36.2. The van der Waals surface area contributed by atoms with E-state index in [-0.39, 0.29) is 59.0 Å². The van der Waals surface area contributed by atoms with Gasteiger partial charge >= 0.3 is 0 Å². The quantitative estimate of drug-likeness (QED) is 0.137. The number of hydrogen-bond acceptors (Lipinski definition) is 11. The van der Waals surface area contributed by atoms with Crippen molar-refractivity contribution in [3.63, 3.8) is 0 Å². The van der Waals surface area contributed by atoms with Crippen LogP contribution in [0.3, 0.4) is 0 Å². The van der Waals surface area contributed by atoms with Crippen LogP contribution in [0.1, 0.15) is 93.4 Å². The minimum absolute atomic E-state index is 0.0488. The van der Waals surface area contributed by atoms with Crippen LogP contribution in [0, 0.1) is 11.8 Å². The predicted molar refractivity (Wildman–Crippen MR) is 201 cm³/mol. The minimum Gasteiger partial charge on any atom is -0.508 e. The van der Waals surface area contributed by atoms with Crippen LogP contribution in [0.5, 0.6) is 40.2 Å². The van der Waals surface area contributed by atoms with Gasteiger partial charge in [-0.05, 0) is 91.2 Å². The van der Waals surface area contributed by atoms with Gasteiger partial charge in [-0.3, -0.25) is 0 Å². The van der Waals surface area contributed by atoms with Gasteiger partial charge < -0.3 is 44.5 Å². The fraction of sp³-hybridized carbons (Fsp3) is 0.550. The number of rotatable bonds is 9. The molecule has 7 rings (SSSR count). The first-order chi connectivity index (χ1) is 24.6. The maximum absolute atomic E-state index is 12.8. The number of aliphatic hydroxyl groups excluding tert-OH is 2. The van der Waals surface area contributed by atoms with Gasteiger partial charge in [-0.15, -0.1) is 0 Å². The Hall–Kier alpha value is -3.12. The van der Waals surface area contributed by atoms with E-state index in [1.807, 2.05) is 39.8 Å².